The quantitative estimate of drug-likeness (QED) is 0.933. The maximum absolute atomic E-state index is 13.6. The normalized spacial score (nSPS) is 13.0. The van der Waals surface area contributed by atoms with Gasteiger partial charge >= 0.3 is 5.97 Å². The number of hydrogen-bond donors (Lipinski definition) is 1. The van der Waals surface area contributed by atoms with Gasteiger partial charge in [0, 0.05) is 12.4 Å². The average molecular weight is 315 g/mol. The van der Waals surface area contributed by atoms with Crippen LogP contribution in [-0.2, 0) is 14.8 Å². The molecule has 0 fully saturated rings. The Hall–Kier alpha value is -1.93. The van der Waals surface area contributed by atoms with Gasteiger partial charge in [-0.3, -0.25) is 4.79 Å². The fraction of sp³-hybridized carbons (Fsp3) is 0.308. The molecule has 8 heteroatoms. The summed E-state index contributed by atoms with van der Waals surface area (Å²) >= 11 is 0. The molecule has 1 aromatic carbocycles. The minimum Gasteiger partial charge on any atom is -0.480 e. The van der Waals surface area contributed by atoms with Gasteiger partial charge in [-0.05, 0) is 32.0 Å². The predicted molar refractivity (Wildman–Crippen MR) is 72.8 cm³/mol. The van der Waals surface area contributed by atoms with E-state index in [1.807, 2.05) is 0 Å². The van der Waals surface area contributed by atoms with Crippen LogP contribution >= 0.6 is 0 Å². The van der Waals surface area contributed by atoms with Gasteiger partial charge in [0.15, 0.2) is 11.4 Å². The second-order valence-corrected chi connectivity index (χ2v) is 6.98. The molecule has 2 rings (SSSR count). The smallest absolute Gasteiger partial charge is 0.324 e. The second-order valence-electron chi connectivity index (χ2n) is 5.05. The van der Waals surface area contributed by atoms with Crippen molar-refractivity contribution in [3.63, 3.8) is 0 Å². The third-order valence-electron chi connectivity index (χ3n) is 3.48. The van der Waals surface area contributed by atoms with Gasteiger partial charge in [-0.15, -0.1) is 0 Å². The molecule has 21 heavy (non-hydrogen) atoms. The molecule has 1 aromatic heterocycles. The summed E-state index contributed by atoms with van der Waals surface area (Å²) in [6.07, 6.45) is 1.18. The van der Waals surface area contributed by atoms with Gasteiger partial charge in [0.05, 0.1) is 11.2 Å². The number of halogens is 1. The fourth-order valence-electron chi connectivity index (χ4n) is 1.81. The summed E-state index contributed by atoms with van der Waals surface area (Å²) in [7, 11) is -2.96. The Morgan fingerprint density at radius 1 is 1.33 bits per heavy atom. The zero-order valence-corrected chi connectivity index (χ0v) is 12.4. The van der Waals surface area contributed by atoms with E-state index in [2.05, 4.69) is 0 Å². The van der Waals surface area contributed by atoms with Gasteiger partial charge in [-0.25, -0.2) is 12.8 Å². The van der Waals surface area contributed by atoms with Crippen LogP contribution in [0.15, 0.2) is 33.8 Å². The number of likely N-dealkylation sites (N-methyl/N-ethyl adjacent to an activating group) is 1. The van der Waals surface area contributed by atoms with Crippen molar-refractivity contribution in [1.29, 1.82) is 0 Å². The molecule has 1 N–H and O–H groups in total. The molecule has 0 aliphatic heterocycles. The molecule has 6 nitrogen and oxygen atoms in total. The van der Waals surface area contributed by atoms with E-state index in [4.69, 9.17) is 9.52 Å². The monoisotopic (exact) mass is 315 g/mol. The van der Waals surface area contributed by atoms with Crippen LogP contribution in [0.4, 0.5) is 4.39 Å². The van der Waals surface area contributed by atoms with Gasteiger partial charge in [-0.2, -0.15) is 4.31 Å². The number of fused-ring (bicyclic) bond motifs is 1. The summed E-state index contributed by atoms with van der Waals surface area (Å²) in [5.74, 6) is -1.98. The number of sulfonamides is 1. The lowest BCUT2D eigenvalue weighted by Gasteiger charge is -2.30. The highest BCUT2D eigenvalue weighted by Crippen LogP contribution is 2.30. The number of carboxylic acids is 1. The summed E-state index contributed by atoms with van der Waals surface area (Å²) in [5, 5.41) is 9.23. The third kappa shape index (κ3) is 2.30. The standard InChI is InChI=1S/C13H14FNO5S/c1-13(2,12(16)17)15(3)21(18,19)10-5-4-9(14)11-8(10)6-7-20-11/h4-7H,1-3H3,(H,16,17). The Labute approximate surface area is 120 Å². The lowest BCUT2D eigenvalue weighted by atomic mass is 10.1. The van der Waals surface area contributed by atoms with Crippen molar-refractivity contribution < 1.29 is 27.1 Å². The Morgan fingerprint density at radius 2 is 1.95 bits per heavy atom. The number of rotatable bonds is 4. The molecule has 0 saturated heterocycles. The highest BCUT2D eigenvalue weighted by Gasteiger charge is 2.40. The lowest BCUT2D eigenvalue weighted by Crippen LogP contribution is -2.50. The van der Waals surface area contributed by atoms with Crippen molar-refractivity contribution in [2.45, 2.75) is 24.3 Å². The number of carboxylic acid groups (broad SMARTS) is 1. The van der Waals surface area contributed by atoms with Crippen LogP contribution < -0.4 is 0 Å². The third-order valence-corrected chi connectivity index (χ3v) is 5.57. The van der Waals surface area contributed by atoms with Crippen molar-refractivity contribution in [2.24, 2.45) is 0 Å². The van der Waals surface area contributed by atoms with Gasteiger partial charge in [0.2, 0.25) is 10.0 Å². The minimum atomic E-state index is -4.13. The van der Waals surface area contributed by atoms with E-state index >= 15 is 0 Å². The summed E-state index contributed by atoms with van der Waals surface area (Å²) in [5.41, 5.74) is -1.83. The molecular weight excluding hydrogens is 301 g/mol. The Kier molecular flexibility index (Phi) is 3.54. The van der Waals surface area contributed by atoms with Gasteiger partial charge in [0.25, 0.3) is 0 Å². The van der Waals surface area contributed by atoms with Gasteiger partial charge < -0.3 is 9.52 Å². The van der Waals surface area contributed by atoms with E-state index in [0.29, 0.717) is 0 Å². The van der Waals surface area contributed by atoms with Crippen LogP contribution in [-0.4, -0.2) is 36.4 Å². The first-order chi connectivity index (χ1) is 9.60. The molecular formula is C13H14FNO5S. The fourth-order valence-corrected chi connectivity index (χ4v) is 3.46. The summed E-state index contributed by atoms with van der Waals surface area (Å²) in [6, 6.07) is 3.39. The SMILES string of the molecule is CN(C(C)(C)C(=O)O)S(=O)(=O)c1ccc(F)c2occc12. The summed E-state index contributed by atoms with van der Waals surface area (Å²) in [4.78, 5) is 11.0. The molecule has 0 unspecified atom stereocenters. The van der Waals surface area contributed by atoms with Gasteiger partial charge in [0.1, 0.15) is 5.54 Å². The molecule has 0 spiro atoms. The van der Waals surface area contributed by atoms with E-state index in [1.54, 1.807) is 0 Å². The lowest BCUT2D eigenvalue weighted by molar-refractivity contribution is -0.145. The number of furan rings is 1. The van der Waals surface area contributed by atoms with E-state index < -0.39 is 27.3 Å². The number of nitrogens with zero attached hydrogens (tertiary/aromatic N) is 1. The molecule has 0 aliphatic carbocycles. The topological polar surface area (TPSA) is 87.8 Å². The molecule has 0 saturated carbocycles. The van der Waals surface area contributed by atoms with Crippen LogP contribution in [0.5, 0.6) is 0 Å². The Morgan fingerprint density at radius 3 is 2.52 bits per heavy atom. The van der Waals surface area contributed by atoms with Crippen LogP contribution in [0.25, 0.3) is 11.0 Å². The molecule has 114 valence electrons. The first kappa shape index (κ1) is 15.5. The van der Waals surface area contributed by atoms with Crippen LogP contribution in [0.2, 0.25) is 0 Å². The summed E-state index contributed by atoms with van der Waals surface area (Å²) < 4.78 is 44.4. The number of aliphatic carboxylic acids is 1. The van der Waals surface area contributed by atoms with E-state index in [1.165, 1.54) is 33.2 Å². The Balaban J connectivity index is 2.66. The highest BCUT2D eigenvalue weighted by molar-refractivity contribution is 7.89. The molecule has 0 bridgehead atoms. The average Bonchev–Trinajstić information content (AvgIpc) is 2.87. The van der Waals surface area contributed by atoms with Crippen LogP contribution in [0.1, 0.15) is 13.8 Å². The van der Waals surface area contributed by atoms with E-state index in [0.717, 1.165) is 16.4 Å². The molecule has 0 aliphatic rings. The first-order valence-electron chi connectivity index (χ1n) is 5.98. The maximum Gasteiger partial charge on any atom is 0.324 e. The van der Waals surface area contributed by atoms with Crippen LogP contribution in [0, 0.1) is 5.82 Å². The highest BCUT2D eigenvalue weighted by atomic mass is 32.2. The molecule has 2 aromatic rings. The van der Waals surface area contributed by atoms with Crippen molar-refractivity contribution in [3.05, 3.63) is 30.3 Å². The Bertz CT molecular complexity index is 809. The zero-order chi connectivity index (χ0) is 16.0. The van der Waals surface area contributed by atoms with Crippen molar-refractivity contribution in [3.8, 4) is 0 Å². The van der Waals surface area contributed by atoms with Crippen molar-refractivity contribution in [1.82, 2.24) is 4.31 Å². The summed E-state index contributed by atoms with van der Waals surface area (Å²) in [6.45, 7) is 2.53. The maximum atomic E-state index is 13.6. The minimum absolute atomic E-state index is 0.0723. The largest absolute Gasteiger partial charge is 0.480 e. The number of benzene rings is 1. The van der Waals surface area contributed by atoms with E-state index in [9.17, 15) is 17.6 Å². The van der Waals surface area contributed by atoms with Crippen LogP contribution in [0.3, 0.4) is 0 Å². The molecule has 0 amide bonds. The molecule has 1 heterocycles. The first-order valence-corrected chi connectivity index (χ1v) is 7.42. The van der Waals surface area contributed by atoms with Gasteiger partial charge in [-0.1, -0.05) is 0 Å². The zero-order valence-electron chi connectivity index (χ0n) is 11.6. The van der Waals surface area contributed by atoms with Crippen molar-refractivity contribution in [2.75, 3.05) is 7.05 Å². The predicted octanol–water partition coefficient (Wildman–Crippen LogP) is 2.06. The van der Waals surface area contributed by atoms with E-state index in [-0.39, 0.29) is 15.9 Å². The molecule has 0 radical (unpaired) electrons. The number of carbonyl (C=O) groups is 1. The molecule has 0 atom stereocenters. The number of hydrogen-bond acceptors (Lipinski definition) is 4. The van der Waals surface area contributed by atoms with Crippen molar-refractivity contribution >= 4 is 27.0 Å². The second kappa shape index (κ2) is 4.81.